The molecule has 0 radical (unpaired) electrons. The molecule has 4 amide bonds. The molecule has 0 bridgehead atoms. The van der Waals surface area contributed by atoms with Gasteiger partial charge in [0.25, 0.3) is 5.91 Å². The van der Waals surface area contributed by atoms with Crippen LogP contribution in [-0.2, 0) is 40.3 Å². The summed E-state index contributed by atoms with van der Waals surface area (Å²) in [5, 5.41) is 7.82. The van der Waals surface area contributed by atoms with E-state index in [0.717, 1.165) is 30.6 Å². The van der Waals surface area contributed by atoms with Crippen LogP contribution in [-0.4, -0.2) is 53.1 Å². The zero-order valence-corrected chi connectivity index (χ0v) is 24.1. The van der Waals surface area contributed by atoms with E-state index in [1.54, 1.807) is 18.2 Å². The average molecular weight is 575 g/mol. The number of benzene rings is 4. The predicted molar refractivity (Wildman–Crippen MR) is 165 cm³/mol. The zero-order chi connectivity index (χ0) is 29.9. The molecule has 2 N–H and O–H groups in total. The number of nitrogens with one attached hydrogen (secondary N) is 2. The Bertz CT molecular complexity index is 1710. The summed E-state index contributed by atoms with van der Waals surface area (Å²) in [7, 11) is 2.13. The van der Waals surface area contributed by atoms with Gasteiger partial charge in [0.15, 0.2) is 0 Å². The maximum absolute atomic E-state index is 12.9. The van der Waals surface area contributed by atoms with Crippen molar-refractivity contribution in [2.75, 3.05) is 18.9 Å². The molecule has 0 spiro atoms. The van der Waals surface area contributed by atoms with Crippen molar-refractivity contribution in [1.29, 1.82) is 0 Å². The van der Waals surface area contributed by atoms with Gasteiger partial charge in [-0.3, -0.25) is 24.5 Å². The molecule has 1 fully saturated rings. The Morgan fingerprint density at radius 3 is 2.53 bits per heavy atom. The first-order chi connectivity index (χ1) is 20.8. The average Bonchev–Trinajstić information content (AvgIpc) is 3.32. The predicted octanol–water partition coefficient (Wildman–Crippen LogP) is 4.46. The van der Waals surface area contributed by atoms with Crippen LogP contribution in [0.4, 0.5) is 5.69 Å². The normalized spacial score (nSPS) is 16.5. The number of amides is 4. The highest BCUT2D eigenvalue weighted by molar-refractivity contribution is 6.05. The van der Waals surface area contributed by atoms with Gasteiger partial charge >= 0.3 is 0 Å². The molecule has 218 valence electrons. The van der Waals surface area contributed by atoms with Gasteiger partial charge < -0.3 is 15.1 Å². The van der Waals surface area contributed by atoms with Gasteiger partial charge in [-0.1, -0.05) is 66.7 Å². The SMILES string of the molecule is CN(CCc1cccc2ccccc12)Cc1ccc(CC(=O)Nc2ccc3c(c2)CN(C2CCC(=O)NC2=O)C3=O)cc1. The molecule has 6 rings (SSSR count). The van der Waals surface area contributed by atoms with Gasteiger partial charge in [0, 0.05) is 37.3 Å². The second kappa shape index (κ2) is 12.2. The van der Waals surface area contributed by atoms with Crippen molar-refractivity contribution >= 4 is 40.1 Å². The van der Waals surface area contributed by atoms with Crippen molar-refractivity contribution < 1.29 is 19.2 Å². The summed E-state index contributed by atoms with van der Waals surface area (Å²) >= 11 is 0. The van der Waals surface area contributed by atoms with Crippen LogP contribution in [0.2, 0.25) is 0 Å². The largest absolute Gasteiger partial charge is 0.326 e. The third kappa shape index (κ3) is 6.34. The van der Waals surface area contributed by atoms with Crippen LogP contribution in [0.5, 0.6) is 0 Å². The molecule has 2 heterocycles. The third-order valence-corrected chi connectivity index (χ3v) is 8.29. The summed E-state index contributed by atoms with van der Waals surface area (Å²) < 4.78 is 0. The molecule has 2 aliphatic rings. The van der Waals surface area contributed by atoms with Gasteiger partial charge in [-0.25, -0.2) is 0 Å². The van der Waals surface area contributed by atoms with E-state index >= 15 is 0 Å². The van der Waals surface area contributed by atoms with Gasteiger partial charge in [0.1, 0.15) is 6.04 Å². The van der Waals surface area contributed by atoms with E-state index in [-0.39, 0.29) is 37.1 Å². The van der Waals surface area contributed by atoms with Gasteiger partial charge in [-0.05, 0) is 71.1 Å². The van der Waals surface area contributed by atoms with E-state index in [4.69, 9.17) is 0 Å². The van der Waals surface area contributed by atoms with Gasteiger partial charge in [0.05, 0.1) is 6.42 Å². The molecule has 4 aromatic carbocycles. The molecular weight excluding hydrogens is 540 g/mol. The lowest BCUT2D eigenvalue weighted by molar-refractivity contribution is -0.137. The Hall–Kier alpha value is -4.82. The quantitative estimate of drug-likeness (QED) is 0.288. The Labute approximate surface area is 250 Å². The van der Waals surface area contributed by atoms with E-state index in [0.29, 0.717) is 17.7 Å². The first kappa shape index (κ1) is 28.3. The van der Waals surface area contributed by atoms with Gasteiger partial charge in [0.2, 0.25) is 17.7 Å². The number of fused-ring (bicyclic) bond motifs is 2. The number of anilines is 1. The highest BCUT2D eigenvalue weighted by Crippen LogP contribution is 2.29. The monoisotopic (exact) mass is 574 g/mol. The van der Waals surface area contributed by atoms with Gasteiger partial charge in [-0.2, -0.15) is 0 Å². The van der Waals surface area contributed by atoms with E-state index in [1.165, 1.54) is 26.8 Å². The highest BCUT2D eigenvalue weighted by atomic mass is 16.2. The van der Waals surface area contributed by atoms with Crippen molar-refractivity contribution in [2.45, 2.75) is 44.8 Å². The first-order valence-electron chi connectivity index (χ1n) is 14.6. The molecular formula is C35H34N4O4. The number of carbonyl (C=O) groups excluding carboxylic acids is 4. The molecule has 8 heteroatoms. The summed E-state index contributed by atoms with van der Waals surface area (Å²) in [6.45, 7) is 2.03. The fourth-order valence-electron chi connectivity index (χ4n) is 6.02. The Balaban J connectivity index is 1.00. The van der Waals surface area contributed by atoms with Crippen molar-refractivity contribution in [2.24, 2.45) is 0 Å². The lowest BCUT2D eigenvalue weighted by Gasteiger charge is -2.29. The van der Waals surface area contributed by atoms with E-state index in [9.17, 15) is 19.2 Å². The fraction of sp³-hybridized carbons (Fsp3) is 0.257. The van der Waals surface area contributed by atoms with Crippen LogP contribution in [0.25, 0.3) is 10.8 Å². The lowest BCUT2D eigenvalue weighted by atomic mass is 10.0. The molecule has 0 aliphatic carbocycles. The molecule has 4 aromatic rings. The number of carbonyl (C=O) groups is 4. The van der Waals surface area contributed by atoms with Crippen LogP contribution < -0.4 is 10.6 Å². The van der Waals surface area contributed by atoms with Crippen LogP contribution in [0.3, 0.4) is 0 Å². The minimum Gasteiger partial charge on any atom is -0.326 e. The zero-order valence-electron chi connectivity index (χ0n) is 24.1. The molecule has 1 atom stereocenters. The summed E-state index contributed by atoms with van der Waals surface area (Å²) in [5.41, 5.74) is 5.33. The smallest absolute Gasteiger partial charge is 0.255 e. The molecule has 8 nitrogen and oxygen atoms in total. The van der Waals surface area contributed by atoms with Crippen LogP contribution in [0.15, 0.2) is 84.9 Å². The minimum atomic E-state index is -0.664. The van der Waals surface area contributed by atoms with Crippen molar-refractivity contribution in [3.8, 4) is 0 Å². The summed E-state index contributed by atoms with van der Waals surface area (Å²) in [6, 6.07) is 27.6. The summed E-state index contributed by atoms with van der Waals surface area (Å²) in [6.07, 6.45) is 1.73. The molecule has 0 saturated carbocycles. The van der Waals surface area contributed by atoms with Gasteiger partial charge in [-0.15, -0.1) is 0 Å². The highest BCUT2D eigenvalue weighted by Gasteiger charge is 2.39. The van der Waals surface area contributed by atoms with E-state index in [1.807, 2.05) is 12.1 Å². The Morgan fingerprint density at radius 1 is 0.953 bits per heavy atom. The third-order valence-electron chi connectivity index (χ3n) is 8.29. The van der Waals surface area contributed by atoms with Crippen LogP contribution >= 0.6 is 0 Å². The number of piperidine rings is 1. The Morgan fingerprint density at radius 2 is 1.72 bits per heavy atom. The molecule has 0 aromatic heterocycles. The molecule has 2 aliphatic heterocycles. The summed E-state index contributed by atoms with van der Waals surface area (Å²) in [5.74, 6) is -1.14. The topological polar surface area (TPSA) is 98.8 Å². The number of imide groups is 1. The number of likely N-dealkylation sites (N-methyl/N-ethyl adjacent to an activating group) is 1. The number of hydrogen-bond donors (Lipinski definition) is 2. The lowest BCUT2D eigenvalue weighted by Crippen LogP contribution is -2.52. The summed E-state index contributed by atoms with van der Waals surface area (Å²) in [4.78, 5) is 53.3. The number of hydrogen-bond acceptors (Lipinski definition) is 5. The van der Waals surface area contributed by atoms with Crippen molar-refractivity contribution in [3.05, 3.63) is 113 Å². The fourth-order valence-corrected chi connectivity index (χ4v) is 6.02. The maximum Gasteiger partial charge on any atom is 0.255 e. The Kier molecular flexibility index (Phi) is 8.03. The number of rotatable bonds is 9. The van der Waals surface area contributed by atoms with Crippen LogP contribution in [0, 0.1) is 0 Å². The maximum atomic E-state index is 12.9. The molecule has 43 heavy (non-hydrogen) atoms. The van der Waals surface area contributed by atoms with E-state index in [2.05, 4.69) is 77.2 Å². The second-order valence-corrected chi connectivity index (χ2v) is 11.4. The molecule has 1 unspecified atom stereocenters. The second-order valence-electron chi connectivity index (χ2n) is 11.4. The molecule has 1 saturated heterocycles. The van der Waals surface area contributed by atoms with Crippen LogP contribution in [0.1, 0.15) is 45.5 Å². The van der Waals surface area contributed by atoms with Crippen molar-refractivity contribution in [1.82, 2.24) is 15.1 Å². The minimum absolute atomic E-state index is 0.147. The standard InChI is InChI=1S/C35H34N4O4/c1-38(18-17-26-7-4-6-25-5-2-3-8-29(25)26)21-24-11-9-23(10-12-24)19-33(41)36-28-13-14-30-27(20-28)22-39(35(30)43)31-15-16-32(40)37-34(31)42/h2-14,20,31H,15-19,21-22H2,1H3,(H,36,41)(H,37,40,42). The van der Waals surface area contributed by atoms with Crippen molar-refractivity contribution in [3.63, 3.8) is 0 Å². The first-order valence-corrected chi connectivity index (χ1v) is 14.6. The number of nitrogens with zero attached hydrogens (tertiary/aromatic N) is 2. The van der Waals surface area contributed by atoms with E-state index < -0.39 is 11.9 Å².